The van der Waals surface area contributed by atoms with Crippen LogP contribution >= 0.6 is 11.3 Å². The van der Waals surface area contributed by atoms with Gasteiger partial charge in [-0.05, 0) is 42.8 Å². The van der Waals surface area contributed by atoms with E-state index in [0.29, 0.717) is 11.8 Å². The number of likely N-dealkylation sites (tertiary alicyclic amines) is 1. The summed E-state index contributed by atoms with van der Waals surface area (Å²) in [6, 6.07) is 12.9. The number of hydrogen-bond donors (Lipinski definition) is 0. The summed E-state index contributed by atoms with van der Waals surface area (Å²) in [6.07, 6.45) is 0. The third kappa shape index (κ3) is 4.71. The molecule has 3 rings (SSSR count). The lowest BCUT2D eigenvalue weighted by Crippen LogP contribution is -2.40. The quantitative estimate of drug-likeness (QED) is 0.714. The van der Waals surface area contributed by atoms with Gasteiger partial charge in [0, 0.05) is 49.9 Å². The van der Waals surface area contributed by atoms with Crippen molar-refractivity contribution in [2.75, 3.05) is 26.7 Å². The van der Waals surface area contributed by atoms with E-state index in [9.17, 15) is 4.79 Å². The number of thiophene rings is 1. The molecule has 2 aromatic rings. The molecule has 1 amide bonds. The molecule has 0 radical (unpaired) electrons. The molecule has 2 unspecified atom stereocenters. The van der Waals surface area contributed by atoms with Gasteiger partial charge in [-0.1, -0.05) is 24.3 Å². The minimum atomic E-state index is 0.153. The summed E-state index contributed by atoms with van der Waals surface area (Å²) < 4.78 is 5.65. The number of rotatable bonds is 7. The average molecular weight is 387 g/mol. The highest BCUT2D eigenvalue weighted by Crippen LogP contribution is 2.38. The molecule has 1 aromatic carbocycles. The van der Waals surface area contributed by atoms with Gasteiger partial charge in [-0.2, -0.15) is 0 Å². The lowest BCUT2D eigenvalue weighted by atomic mass is 9.87. The zero-order valence-electron chi connectivity index (χ0n) is 16.7. The fourth-order valence-electron chi connectivity index (χ4n) is 4.18. The van der Waals surface area contributed by atoms with Crippen molar-refractivity contribution in [3.05, 3.63) is 52.2 Å². The van der Waals surface area contributed by atoms with Crippen LogP contribution in [0.5, 0.6) is 5.75 Å². The molecule has 0 aliphatic carbocycles. The Hall–Kier alpha value is -1.85. The van der Waals surface area contributed by atoms with Crippen LogP contribution in [0.1, 0.15) is 37.1 Å². The summed E-state index contributed by atoms with van der Waals surface area (Å²) in [5.74, 6) is 1.86. The minimum absolute atomic E-state index is 0.153. The van der Waals surface area contributed by atoms with Crippen molar-refractivity contribution in [3.63, 3.8) is 0 Å². The topological polar surface area (TPSA) is 32.8 Å². The highest BCUT2D eigenvalue weighted by molar-refractivity contribution is 7.09. The van der Waals surface area contributed by atoms with Crippen molar-refractivity contribution in [3.8, 4) is 5.75 Å². The molecular formula is C22H30N2O2S. The summed E-state index contributed by atoms with van der Waals surface area (Å²) in [7, 11) is 1.74. The molecule has 146 valence electrons. The number of nitrogens with zero attached hydrogens (tertiary/aromatic N) is 2. The predicted octanol–water partition coefficient (Wildman–Crippen LogP) is 4.23. The molecule has 1 saturated heterocycles. The van der Waals surface area contributed by atoms with Crippen LogP contribution in [0.3, 0.4) is 0 Å². The standard InChI is InChI=1S/C22H30N2O2S/c1-16(2)24(17(3)25)13-18-12-23(14-19-8-7-11-27-19)15-21(18)20-9-5-6-10-22(20)26-4/h5-11,16,18,21H,12-15H2,1-4H3. The van der Waals surface area contributed by atoms with Crippen LogP contribution in [0.4, 0.5) is 0 Å². The van der Waals surface area contributed by atoms with Gasteiger partial charge < -0.3 is 9.64 Å². The summed E-state index contributed by atoms with van der Waals surface area (Å²) in [5.41, 5.74) is 1.26. The van der Waals surface area contributed by atoms with Crippen LogP contribution < -0.4 is 4.74 Å². The Kier molecular flexibility index (Phi) is 6.55. The molecule has 27 heavy (non-hydrogen) atoms. The van der Waals surface area contributed by atoms with E-state index < -0.39 is 0 Å². The van der Waals surface area contributed by atoms with Crippen LogP contribution in [-0.4, -0.2) is 48.5 Å². The smallest absolute Gasteiger partial charge is 0.219 e. The van der Waals surface area contributed by atoms with E-state index in [4.69, 9.17) is 4.74 Å². The summed E-state index contributed by atoms with van der Waals surface area (Å²) >= 11 is 1.81. The molecule has 1 aliphatic rings. The molecule has 0 saturated carbocycles. The summed E-state index contributed by atoms with van der Waals surface area (Å²) in [4.78, 5) is 18.1. The third-order valence-electron chi connectivity index (χ3n) is 5.47. The molecule has 5 heteroatoms. The molecular weight excluding hydrogens is 356 g/mol. The molecule has 1 fully saturated rings. The maximum Gasteiger partial charge on any atom is 0.219 e. The first-order chi connectivity index (χ1) is 13.0. The zero-order chi connectivity index (χ0) is 19.4. The van der Waals surface area contributed by atoms with E-state index in [1.165, 1.54) is 10.4 Å². The highest BCUT2D eigenvalue weighted by Gasteiger charge is 2.37. The second-order valence-electron chi connectivity index (χ2n) is 7.65. The van der Waals surface area contributed by atoms with Gasteiger partial charge in [-0.15, -0.1) is 11.3 Å². The van der Waals surface area contributed by atoms with Crippen LogP contribution in [0, 0.1) is 5.92 Å². The number of para-hydroxylation sites is 1. The van der Waals surface area contributed by atoms with Gasteiger partial charge in [0.25, 0.3) is 0 Å². The fraction of sp³-hybridized carbons (Fsp3) is 0.500. The van der Waals surface area contributed by atoms with Crippen molar-refractivity contribution in [2.45, 2.75) is 39.3 Å². The first-order valence-corrected chi connectivity index (χ1v) is 10.5. The van der Waals surface area contributed by atoms with Crippen molar-refractivity contribution in [1.29, 1.82) is 0 Å². The molecule has 1 aromatic heterocycles. The van der Waals surface area contributed by atoms with Gasteiger partial charge in [0.15, 0.2) is 0 Å². The Bertz CT molecular complexity index is 745. The Morgan fingerprint density at radius 2 is 2.04 bits per heavy atom. The number of benzene rings is 1. The SMILES string of the molecule is COc1ccccc1C1CN(Cc2cccs2)CC1CN(C(C)=O)C(C)C. The zero-order valence-corrected chi connectivity index (χ0v) is 17.5. The summed E-state index contributed by atoms with van der Waals surface area (Å²) in [5, 5.41) is 2.14. The first kappa shape index (κ1) is 19.9. The van der Waals surface area contributed by atoms with E-state index in [2.05, 4.69) is 48.4 Å². The van der Waals surface area contributed by atoms with Gasteiger partial charge in [0.05, 0.1) is 7.11 Å². The van der Waals surface area contributed by atoms with Crippen LogP contribution in [0.2, 0.25) is 0 Å². The monoisotopic (exact) mass is 386 g/mol. The van der Waals surface area contributed by atoms with Gasteiger partial charge in [-0.3, -0.25) is 9.69 Å². The molecule has 2 atom stereocenters. The number of carbonyl (C=O) groups excluding carboxylic acids is 1. The Labute approximate surface area is 166 Å². The van der Waals surface area contributed by atoms with Crippen molar-refractivity contribution < 1.29 is 9.53 Å². The number of hydrogen-bond acceptors (Lipinski definition) is 4. The van der Waals surface area contributed by atoms with Gasteiger partial charge in [0.1, 0.15) is 5.75 Å². The maximum absolute atomic E-state index is 12.2. The Morgan fingerprint density at radius 3 is 2.67 bits per heavy atom. The normalized spacial score (nSPS) is 20.2. The maximum atomic E-state index is 12.2. The first-order valence-electron chi connectivity index (χ1n) is 9.64. The van der Waals surface area contributed by atoms with Crippen LogP contribution in [0.15, 0.2) is 41.8 Å². The van der Waals surface area contributed by atoms with Crippen LogP contribution in [-0.2, 0) is 11.3 Å². The number of amides is 1. The second-order valence-corrected chi connectivity index (χ2v) is 8.68. The Morgan fingerprint density at radius 1 is 1.26 bits per heavy atom. The lowest BCUT2D eigenvalue weighted by Gasteiger charge is -2.31. The predicted molar refractivity (Wildman–Crippen MR) is 111 cm³/mol. The number of ether oxygens (including phenoxy) is 1. The molecule has 1 aliphatic heterocycles. The van der Waals surface area contributed by atoms with E-state index >= 15 is 0 Å². The number of methoxy groups -OCH3 is 1. The minimum Gasteiger partial charge on any atom is -0.496 e. The molecule has 0 bridgehead atoms. The van der Waals surface area contributed by atoms with E-state index in [1.54, 1.807) is 14.0 Å². The molecule has 4 nitrogen and oxygen atoms in total. The lowest BCUT2D eigenvalue weighted by molar-refractivity contribution is -0.131. The number of carbonyl (C=O) groups is 1. The second kappa shape index (κ2) is 8.89. The molecule has 0 spiro atoms. The van der Waals surface area contributed by atoms with Crippen LogP contribution in [0.25, 0.3) is 0 Å². The Balaban J connectivity index is 1.85. The third-order valence-corrected chi connectivity index (χ3v) is 6.33. The largest absolute Gasteiger partial charge is 0.496 e. The highest BCUT2D eigenvalue weighted by atomic mass is 32.1. The van der Waals surface area contributed by atoms with E-state index in [-0.39, 0.29) is 11.9 Å². The van der Waals surface area contributed by atoms with Crippen molar-refractivity contribution in [2.24, 2.45) is 5.92 Å². The van der Waals surface area contributed by atoms with Gasteiger partial charge >= 0.3 is 0 Å². The molecule has 0 N–H and O–H groups in total. The van der Waals surface area contributed by atoms with Crippen molar-refractivity contribution in [1.82, 2.24) is 9.80 Å². The van der Waals surface area contributed by atoms with E-state index in [1.807, 2.05) is 28.4 Å². The summed E-state index contributed by atoms with van der Waals surface area (Å²) in [6.45, 7) is 9.62. The fourth-order valence-corrected chi connectivity index (χ4v) is 4.92. The molecule has 2 heterocycles. The van der Waals surface area contributed by atoms with Gasteiger partial charge in [-0.25, -0.2) is 0 Å². The average Bonchev–Trinajstić information content (AvgIpc) is 3.29. The van der Waals surface area contributed by atoms with E-state index in [0.717, 1.165) is 31.9 Å². The van der Waals surface area contributed by atoms with Gasteiger partial charge in [0.2, 0.25) is 5.91 Å². The van der Waals surface area contributed by atoms with Crippen molar-refractivity contribution >= 4 is 17.2 Å².